The smallest absolute Gasteiger partial charge is 0.318 e. The zero-order chi connectivity index (χ0) is 8.69. The first-order valence-electron chi connectivity index (χ1n) is 3.28. The first-order valence-corrected chi connectivity index (χ1v) is 5.07. The predicted octanol–water partition coefficient (Wildman–Crippen LogP) is 1.08. The maximum Gasteiger partial charge on any atom is 0.318 e. The van der Waals surface area contributed by atoms with Crippen LogP contribution < -0.4 is 0 Å². The van der Waals surface area contributed by atoms with Crippen molar-refractivity contribution < 1.29 is 9.53 Å². The highest BCUT2D eigenvalue weighted by atomic mass is 32.1. The van der Waals surface area contributed by atoms with E-state index in [1.54, 1.807) is 0 Å². The van der Waals surface area contributed by atoms with Crippen molar-refractivity contribution in [1.82, 2.24) is 0 Å². The Balaban J connectivity index is 3.47. The number of hydrogen-bond donors (Lipinski definition) is 3. The van der Waals surface area contributed by atoms with Crippen LogP contribution in [0.3, 0.4) is 0 Å². The van der Waals surface area contributed by atoms with Crippen LogP contribution in [0.4, 0.5) is 0 Å². The molecule has 0 aliphatic carbocycles. The summed E-state index contributed by atoms with van der Waals surface area (Å²) >= 11 is 11.9. The van der Waals surface area contributed by atoms with Gasteiger partial charge in [-0.1, -0.05) is 0 Å². The number of rotatable bonds is 5. The second-order valence-electron chi connectivity index (χ2n) is 1.92. The summed E-state index contributed by atoms with van der Waals surface area (Å²) in [7, 11) is 0. The Morgan fingerprint density at radius 1 is 1.36 bits per heavy atom. The SMILES string of the molecule is O=C(OCCS)C(S)CCS. The normalized spacial score (nSPS) is 12.6. The topological polar surface area (TPSA) is 26.3 Å². The van der Waals surface area contributed by atoms with Gasteiger partial charge in [-0.15, -0.1) is 0 Å². The van der Waals surface area contributed by atoms with E-state index < -0.39 is 0 Å². The van der Waals surface area contributed by atoms with Crippen molar-refractivity contribution in [3.63, 3.8) is 0 Å². The van der Waals surface area contributed by atoms with E-state index in [0.717, 1.165) is 0 Å². The fourth-order valence-corrected chi connectivity index (χ4v) is 1.24. The molecule has 0 bridgehead atoms. The Bertz CT molecular complexity index is 118. The van der Waals surface area contributed by atoms with Crippen molar-refractivity contribution in [3.8, 4) is 0 Å². The van der Waals surface area contributed by atoms with Gasteiger partial charge in [-0.2, -0.15) is 37.9 Å². The van der Waals surface area contributed by atoms with Gasteiger partial charge in [0.05, 0.1) is 0 Å². The molecular weight excluding hydrogens is 200 g/mol. The summed E-state index contributed by atoms with van der Waals surface area (Å²) in [6.45, 7) is 0.353. The molecule has 0 aliphatic rings. The lowest BCUT2D eigenvalue weighted by Gasteiger charge is -2.07. The molecule has 0 aliphatic heterocycles. The molecule has 0 aromatic rings. The molecule has 0 rings (SSSR count). The summed E-state index contributed by atoms with van der Waals surface area (Å²) < 4.78 is 4.78. The Hall–Kier alpha value is 0.520. The van der Waals surface area contributed by atoms with Crippen LogP contribution in [0.25, 0.3) is 0 Å². The number of hydrogen-bond acceptors (Lipinski definition) is 5. The summed E-state index contributed by atoms with van der Waals surface area (Å²) in [5.74, 6) is 0.911. The fraction of sp³-hybridized carbons (Fsp3) is 0.833. The molecule has 0 aromatic carbocycles. The van der Waals surface area contributed by atoms with E-state index in [-0.39, 0.29) is 11.2 Å². The van der Waals surface area contributed by atoms with Crippen LogP contribution in [0, 0.1) is 0 Å². The largest absolute Gasteiger partial charge is 0.464 e. The zero-order valence-electron chi connectivity index (χ0n) is 6.06. The molecule has 0 saturated heterocycles. The maximum atomic E-state index is 10.9. The van der Waals surface area contributed by atoms with Gasteiger partial charge < -0.3 is 4.74 Å². The average molecular weight is 212 g/mol. The molecule has 0 heterocycles. The van der Waals surface area contributed by atoms with Crippen LogP contribution in [-0.4, -0.2) is 29.3 Å². The van der Waals surface area contributed by atoms with Crippen molar-refractivity contribution in [2.75, 3.05) is 18.1 Å². The maximum absolute atomic E-state index is 10.9. The molecule has 66 valence electrons. The van der Waals surface area contributed by atoms with Crippen LogP contribution in [0.2, 0.25) is 0 Å². The van der Waals surface area contributed by atoms with E-state index in [2.05, 4.69) is 37.9 Å². The third-order valence-corrected chi connectivity index (χ3v) is 1.92. The van der Waals surface area contributed by atoms with Crippen molar-refractivity contribution in [3.05, 3.63) is 0 Å². The summed E-state index contributed by atoms with van der Waals surface area (Å²) in [4.78, 5) is 10.9. The number of thiol groups is 3. The van der Waals surface area contributed by atoms with Crippen LogP contribution in [0.1, 0.15) is 6.42 Å². The summed E-state index contributed by atoms with van der Waals surface area (Å²) in [6.07, 6.45) is 0.637. The average Bonchev–Trinajstić information content (AvgIpc) is 2.00. The van der Waals surface area contributed by atoms with E-state index >= 15 is 0 Å². The number of esters is 1. The monoisotopic (exact) mass is 212 g/mol. The highest BCUT2D eigenvalue weighted by Crippen LogP contribution is 2.04. The highest BCUT2D eigenvalue weighted by Gasteiger charge is 2.13. The van der Waals surface area contributed by atoms with E-state index in [0.29, 0.717) is 24.5 Å². The fourth-order valence-electron chi connectivity index (χ4n) is 0.483. The van der Waals surface area contributed by atoms with Gasteiger partial charge in [0, 0.05) is 5.75 Å². The standard InChI is InChI=1S/C6H12O2S3/c7-6(8-2-4-10)5(11)1-3-9/h5,9-11H,1-4H2. The first kappa shape index (κ1) is 11.5. The molecule has 11 heavy (non-hydrogen) atoms. The van der Waals surface area contributed by atoms with Crippen molar-refractivity contribution in [1.29, 1.82) is 0 Å². The molecule has 0 radical (unpaired) electrons. The predicted molar refractivity (Wildman–Crippen MR) is 56.1 cm³/mol. The van der Waals surface area contributed by atoms with Crippen LogP contribution in [0.15, 0.2) is 0 Å². The lowest BCUT2D eigenvalue weighted by atomic mass is 10.3. The third-order valence-electron chi connectivity index (χ3n) is 1.01. The minimum Gasteiger partial charge on any atom is -0.464 e. The van der Waals surface area contributed by atoms with Crippen molar-refractivity contribution >= 4 is 43.9 Å². The highest BCUT2D eigenvalue weighted by molar-refractivity contribution is 7.82. The second-order valence-corrected chi connectivity index (χ2v) is 3.44. The number of carbonyl (C=O) groups is 1. The first-order chi connectivity index (χ1) is 5.22. The van der Waals surface area contributed by atoms with E-state index in [1.807, 2.05) is 0 Å². The molecule has 0 N–H and O–H groups in total. The molecule has 0 spiro atoms. The third kappa shape index (κ3) is 5.75. The Kier molecular flexibility index (Phi) is 7.52. The quantitative estimate of drug-likeness (QED) is 0.470. The van der Waals surface area contributed by atoms with Crippen LogP contribution >= 0.6 is 37.9 Å². The molecule has 1 atom stereocenters. The van der Waals surface area contributed by atoms with Crippen LogP contribution in [-0.2, 0) is 9.53 Å². The summed E-state index contributed by atoms with van der Waals surface area (Å²) in [5.41, 5.74) is 0. The van der Waals surface area contributed by atoms with Gasteiger partial charge in [0.1, 0.15) is 11.9 Å². The van der Waals surface area contributed by atoms with E-state index in [4.69, 9.17) is 4.74 Å². The molecule has 0 fully saturated rings. The van der Waals surface area contributed by atoms with Gasteiger partial charge >= 0.3 is 5.97 Å². The van der Waals surface area contributed by atoms with Gasteiger partial charge in [0.2, 0.25) is 0 Å². The van der Waals surface area contributed by atoms with Gasteiger partial charge in [-0.05, 0) is 12.2 Å². The van der Waals surface area contributed by atoms with Crippen LogP contribution in [0.5, 0.6) is 0 Å². The van der Waals surface area contributed by atoms with Gasteiger partial charge in [0.25, 0.3) is 0 Å². The summed E-state index contributed by atoms with van der Waals surface area (Å²) in [5, 5.41) is -0.340. The van der Waals surface area contributed by atoms with Gasteiger partial charge in [0.15, 0.2) is 0 Å². The minimum absolute atomic E-state index is 0.281. The second kappa shape index (κ2) is 7.18. The number of carbonyl (C=O) groups excluding carboxylic acids is 1. The number of ether oxygens (including phenoxy) is 1. The molecular formula is C6H12O2S3. The zero-order valence-corrected chi connectivity index (χ0v) is 8.75. The minimum atomic E-state index is -0.340. The van der Waals surface area contributed by atoms with Gasteiger partial charge in [-0.25, -0.2) is 0 Å². The Morgan fingerprint density at radius 3 is 2.45 bits per heavy atom. The van der Waals surface area contributed by atoms with E-state index in [9.17, 15) is 4.79 Å². The Labute approximate surface area is 83.3 Å². The lowest BCUT2D eigenvalue weighted by Crippen LogP contribution is -2.19. The molecule has 1 unspecified atom stereocenters. The summed E-state index contributed by atoms with van der Waals surface area (Å²) in [6, 6.07) is 0. The van der Waals surface area contributed by atoms with Gasteiger partial charge in [-0.3, -0.25) is 4.79 Å². The van der Waals surface area contributed by atoms with E-state index in [1.165, 1.54) is 0 Å². The molecule has 2 nitrogen and oxygen atoms in total. The van der Waals surface area contributed by atoms with Crippen molar-refractivity contribution in [2.24, 2.45) is 0 Å². The molecule has 0 aromatic heterocycles. The molecule has 5 heteroatoms. The molecule has 0 saturated carbocycles. The lowest BCUT2D eigenvalue weighted by molar-refractivity contribution is -0.142. The molecule has 0 amide bonds. The van der Waals surface area contributed by atoms with Crippen molar-refractivity contribution in [2.45, 2.75) is 11.7 Å². The Morgan fingerprint density at radius 2 is 2.00 bits per heavy atom.